The lowest BCUT2D eigenvalue weighted by atomic mass is 10.1. The third-order valence-electron chi connectivity index (χ3n) is 4.75. The Labute approximate surface area is 177 Å². The zero-order chi connectivity index (χ0) is 22.0. The van der Waals surface area contributed by atoms with Crippen molar-refractivity contribution in [2.45, 2.75) is 13.8 Å². The fourth-order valence-electron chi connectivity index (χ4n) is 3.14. The Bertz CT molecular complexity index is 901. The summed E-state index contributed by atoms with van der Waals surface area (Å²) >= 11 is 5.27. The molecule has 1 aliphatic heterocycles. The average Bonchev–Trinajstić information content (AvgIpc) is 2.75. The number of anilines is 1. The summed E-state index contributed by atoms with van der Waals surface area (Å²) < 4.78 is 61.4. The topological polar surface area (TPSA) is 32.8 Å². The number of benzene rings is 2. The summed E-state index contributed by atoms with van der Waals surface area (Å²) in [6.45, 7) is 4.91. The second kappa shape index (κ2) is 9.12. The van der Waals surface area contributed by atoms with Gasteiger partial charge in [0.15, 0.2) is 23.3 Å². The van der Waals surface area contributed by atoms with Crippen LogP contribution in [0.4, 0.5) is 23.2 Å². The highest BCUT2D eigenvalue weighted by atomic mass is 35.5. The fourth-order valence-corrected chi connectivity index (χ4v) is 3.31. The van der Waals surface area contributed by atoms with Gasteiger partial charge in [0.1, 0.15) is 16.5 Å². The lowest BCUT2D eigenvalue weighted by molar-refractivity contribution is 0.0746. The maximum Gasteiger partial charge on any atom is 0.253 e. The molecule has 162 valence electrons. The van der Waals surface area contributed by atoms with Crippen LogP contribution >= 0.6 is 11.6 Å². The van der Waals surface area contributed by atoms with E-state index in [1.807, 2.05) is 13.8 Å². The highest BCUT2D eigenvalue weighted by Crippen LogP contribution is 2.34. The van der Waals surface area contributed by atoms with Crippen LogP contribution in [0.5, 0.6) is 5.75 Å². The van der Waals surface area contributed by atoms with Crippen molar-refractivity contribution in [3.63, 3.8) is 0 Å². The summed E-state index contributed by atoms with van der Waals surface area (Å²) in [5, 5.41) is -1.22. The van der Waals surface area contributed by atoms with Crippen LogP contribution in [-0.2, 0) is 0 Å². The van der Waals surface area contributed by atoms with Crippen LogP contribution in [0.15, 0.2) is 24.3 Å². The number of ether oxygens (including phenoxy) is 1. The van der Waals surface area contributed by atoms with Crippen molar-refractivity contribution in [1.82, 2.24) is 4.90 Å². The predicted molar refractivity (Wildman–Crippen MR) is 106 cm³/mol. The van der Waals surface area contributed by atoms with Crippen LogP contribution in [0.1, 0.15) is 24.2 Å². The first-order valence-electron chi connectivity index (χ1n) is 9.49. The summed E-state index contributed by atoms with van der Waals surface area (Å²) in [4.78, 5) is 15.4. The Balaban J connectivity index is 1.67. The lowest BCUT2D eigenvalue weighted by Gasteiger charge is -2.36. The molecule has 0 unspecified atom stereocenters. The fraction of sp³-hybridized carbons (Fsp3) is 0.381. The number of hydrogen-bond acceptors (Lipinski definition) is 3. The van der Waals surface area contributed by atoms with Gasteiger partial charge in [-0.3, -0.25) is 4.79 Å². The molecular weight excluding hydrogens is 424 g/mol. The Morgan fingerprint density at radius 2 is 1.50 bits per heavy atom. The van der Waals surface area contributed by atoms with Crippen molar-refractivity contribution in [3.8, 4) is 5.75 Å². The van der Waals surface area contributed by atoms with Gasteiger partial charge in [0.05, 0.1) is 6.61 Å². The first-order valence-corrected chi connectivity index (χ1v) is 9.87. The number of rotatable bonds is 5. The quantitative estimate of drug-likeness (QED) is 0.374. The minimum absolute atomic E-state index is 0.00960. The molecule has 2 aromatic carbocycles. The van der Waals surface area contributed by atoms with Gasteiger partial charge in [-0.05, 0) is 30.2 Å². The largest absolute Gasteiger partial charge is 0.493 e. The van der Waals surface area contributed by atoms with E-state index in [0.29, 0.717) is 23.8 Å². The second-order valence-corrected chi connectivity index (χ2v) is 7.80. The van der Waals surface area contributed by atoms with E-state index in [4.69, 9.17) is 16.3 Å². The molecule has 0 spiro atoms. The molecule has 0 aliphatic carbocycles. The molecule has 1 amide bonds. The zero-order valence-corrected chi connectivity index (χ0v) is 17.3. The third kappa shape index (κ3) is 4.48. The zero-order valence-electron chi connectivity index (χ0n) is 16.5. The van der Waals surface area contributed by atoms with Gasteiger partial charge in [0.25, 0.3) is 5.91 Å². The molecule has 0 atom stereocenters. The Morgan fingerprint density at radius 1 is 0.967 bits per heavy atom. The van der Waals surface area contributed by atoms with E-state index in [0.717, 1.165) is 0 Å². The molecule has 0 bridgehead atoms. The van der Waals surface area contributed by atoms with E-state index in [1.165, 1.54) is 9.80 Å². The Morgan fingerprint density at radius 3 is 2.00 bits per heavy atom. The van der Waals surface area contributed by atoms with Crippen LogP contribution in [0.25, 0.3) is 0 Å². The van der Waals surface area contributed by atoms with Gasteiger partial charge in [-0.25, -0.2) is 17.6 Å². The third-order valence-corrected chi connectivity index (χ3v) is 5.09. The molecular formula is C21H21ClF4N2O2. The number of piperazine rings is 1. The normalized spacial score (nSPS) is 14.4. The summed E-state index contributed by atoms with van der Waals surface area (Å²) in [6.07, 6.45) is 0. The van der Waals surface area contributed by atoms with Gasteiger partial charge in [-0.1, -0.05) is 25.4 Å². The number of halogens is 5. The van der Waals surface area contributed by atoms with Crippen LogP contribution in [0.2, 0.25) is 5.02 Å². The van der Waals surface area contributed by atoms with Gasteiger partial charge in [-0.2, -0.15) is 0 Å². The number of amides is 1. The van der Waals surface area contributed by atoms with Crippen LogP contribution < -0.4 is 9.64 Å². The van der Waals surface area contributed by atoms with Crippen molar-refractivity contribution in [2.24, 2.45) is 5.92 Å². The molecule has 3 rings (SSSR count). The van der Waals surface area contributed by atoms with E-state index in [9.17, 15) is 22.4 Å². The predicted octanol–water partition coefficient (Wildman–Crippen LogP) is 4.89. The monoisotopic (exact) mass is 444 g/mol. The molecule has 9 heteroatoms. The molecule has 0 radical (unpaired) electrons. The summed E-state index contributed by atoms with van der Waals surface area (Å²) in [6, 6.07) is 6.70. The van der Waals surface area contributed by atoms with Crippen molar-refractivity contribution < 1.29 is 27.1 Å². The van der Waals surface area contributed by atoms with Crippen LogP contribution in [0.3, 0.4) is 0 Å². The maximum absolute atomic E-state index is 14.2. The lowest BCUT2D eigenvalue weighted by Crippen LogP contribution is -2.49. The number of carbonyl (C=O) groups excluding carboxylic acids is 1. The standard InChI is InChI=1S/C21H21ClF4N2O2/c1-12(2)11-30-14-5-3-13(4-6-14)21(29)28-9-7-27(8-10-28)20-18(25)16(23)15(22)17(24)19(20)26/h3-6,12H,7-11H2,1-2H3. The summed E-state index contributed by atoms with van der Waals surface area (Å²) in [5.74, 6) is -5.58. The molecule has 1 heterocycles. The molecule has 0 aromatic heterocycles. The van der Waals surface area contributed by atoms with E-state index in [2.05, 4.69) is 0 Å². The van der Waals surface area contributed by atoms with Crippen LogP contribution in [-0.4, -0.2) is 43.6 Å². The van der Waals surface area contributed by atoms with E-state index < -0.39 is 34.0 Å². The average molecular weight is 445 g/mol. The molecule has 0 saturated carbocycles. The van der Waals surface area contributed by atoms with Crippen molar-refractivity contribution in [2.75, 3.05) is 37.7 Å². The molecule has 1 aliphatic rings. The smallest absolute Gasteiger partial charge is 0.253 e. The molecule has 0 N–H and O–H groups in total. The number of nitrogens with zero attached hydrogens (tertiary/aromatic N) is 2. The molecule has 1 fully saturated rings. The molecule has 4 nitrogen and oxygen atoms in total. The summed E-state index contributed by atoms with van der Waals surface area (Å²) in [5.41, 5.74) is -0.366. The molecule has 1 saturated heterocycles. The minimum Gasteiger partial charge on any atom is -0.493 e. The van der Waals surface area contributed by atoms with Gasteiger partial charge >= 0.3 is 0 Å². The summed E-state index contributed by atoms with van der Waals surface area (Å²) in [7, 11) is 0. The first kappa shape index (κ1) is 22.2. The Hall–Kier alpha value is -2.48. The minimum atomic E-state index is -1.64. The first-order chi connectivity index (χ1) is 14.2. The molecule has 30 heavy (non-hydrogen) atoms. The molecule has 2 aromatic rings. The van der Waals surface area contributed by atoms with Crippen molar-refractivity contribution in [1.29, 1.82) is 0 Å². The second-order valence-electron chi connectivity index (χ2n) is 7.43. The highest BCUT2D eigenvalue weighted by molar-refractivity contribution is 6.31. The van der Waals surface area contributed by atoms with E-state index in [-0.39, 0.29) is 32.1 Å². The number of carbonyl (C=O) groups is 1. The SMILES string of the molecule is CC(C)COc1ccc(C(=O)N2CCN(c3c(F)c(F)c(Cl)c(F)c3F)CC2)cc1. The van der Waals surface area contributed by atoms with Gasteiger partial charge in [0.2, 0.25) is 0 Å². The Kier molecular flexibility index (Phi) is 6.75. The van der Waals surface area contributed by atoms with Gasteiger partial charge in [-0.15, -0.1) is 0 Å². The van der Waals surface area contributed by atoms with Gasteiger partial charge < -0.3 is 14.5 Å². The maximum atomic E-state index is 14.2. The highest BCUT2D eigenvalue weighted by Gasteiger charge is 2.31. The number of hydrogen-bond donors (Lipinski definition) is 0. The van der Waals surface area contributed by atoms with Crippen molar-refractivity contribution >= 4 is 23.2 Å². The van der Waals surface area contributed by atoms with Crippen molar-refractivity contribution in [3.05, 3.63) is 58.1 Å². The van der Waals surface area contributed by atoms with Crippen LogP contribution in [0, 0.1) is 29.2 Å². The van der Waals surface area contributed by atoms with Gasteiger partial charge in [0, 0.05) is 31.7 Å². The van der Waals surface area contributed by atoms with E-state index >= 15 is 0 Å². The van der Waals surface area contributed by atoms with E-state index in [1.54, 1.807) is 24.3 Å².